The Kier molecular flexibility index (Phi) is 14.0. The first kappa shape index (κ1) is 16.0. The molecule has 0 amide bonds. The predicted octanol–water partition coefficient (Wildman–Crippen LogP) is -3.97. The van der Waals surface area contributed by atoms with Gasteiger partial charge in [0.05, 0.1) is 0 Å². The molecule has 7 heavy (non-hydrogen) atoms. The van der Waals surface area contributed by atoms with E-state index in [1.807, 2.05) is 0 Å². The zero-order valence-corrected chi connectivity index (χ0v) is 9.44. The van der Waals surface area contributed by atoms with Gasteiger partial charge in [-0.3, -0.25) is 0 Å². The standard InChI is InChI=1S/BrH.K.Mn.4O/h1H;;;;;;/q;+1;;;;;-1. The van der Waals surface area contributed by atoms with E-state index in [0.717, 1.165) is 0 Å². The molecule has 0 aromatic heterocycles. The Morgan fingerprint density at radius 3 is 1.14 bits per heavy atom. The van der Waals surface area contributed by atoms with E-state index in [-0.39, 0.29) is 68.4 Å². The second kappa shape index (κ2) is 6.12. The third-order valence-electron chi connectivity index (χ3n) is 0. The minimum absolute atomic E-state index is 0. The Labute approximate surface area is 95.0 Å². The first-order valence-corrected chi connectivity index (χ1v) is 2.54. The van der Waals surface area contributed by atoms with Crippen molar-refractivity contribution in [2.24, 2.45) is 0 Å². The molecular weight excluding hydrogens is 238 g/mol. The van der Waals surface area contributed by atoms with Crippen LogP contribution in [0.1, 0.15) is 0 Å². The van der Waals surface area contributed by atoms with E-state index in [0.29, 0.717) is 0 Å². The quantitative estimate of drug-likeness (QED) is 0.404. The predicted molar refractivity (Wildman–Crippen MR) is 12.4 cm³/mol. The number of halogens is 1. The molecule has 0 atom stereocenters. The minimum atomic E-state index is -5.62. The van der Waals surface area contributed by atoms with Crippen LogP contribution in [0, 0.1) is 0 Å². The molecule has 4 nitrogen and oxygen atoms in total. The monoisotopic (exact) mass is 238 g/mol. The average molecular weight is 239 g/mol. The van der Waals surface area contributed by atoms with Gasteiger partial charge in [0.1, 0.15) is 0 Å². The molecule has 0 aliphatic carbocycles. The maximum atomic E-state index is 8.58. The van der Waals surface area contributed by atoms with Crippen molar-refractivity contribution in [1.82, 2.24) is 0 Å². The zero-order valence-electron chi connectivity index (χ0n) is 3.42. The molecule has 0 bridgehead atoms. The van der Waals surface area contributed by atoms with Crippen molar-refractivity contribution in [2.75, 3.05) is 0 Å². The molecular formula is HBrKMnO4. The average Bonchev–Trinajstić information content (AvgIpc) is 0.722. The summed E-state index contributed by atoms with van der Waals surface area (Å²) in [7, 11) is 0. The molecule has 7 heteroatoms. The topological polar surface area (TPSA) is 74.3 Å². The fourth-order valence-electron chi connectivity index (χ4n) is 0. The van der Waals surface area contributed by atoms with E-state index < -0.39 is 13.0 Å². The van der Waals surface area contributed by atoms with E-state index in [1.165, 1.54) is 0 Å². The molecule has 40 valence electrons. The Bertz CT molecular complexity index is 133. The summed E-state index contributed by atoms with van der Waals surface area (Å²) in [6.07, 6.45) is 0. The molecule has 0 unspecified atom stereocenters. The van der Waals surface area contributed by atoms with Crippen LogP contribution in [-0.4, -0.2) is 0 Å². The molecule has 0 N–H and O–H groups in total. The molecule has 0 saturated carbocycles. The molecule has 0 aromatic carbocycles. The van der Waals surface area contributed by atoms with Crippen LogP contribution in [0.4, 0.5) is 0 Å². The fraction of sp³-hybridized carbons (Fsp3) is 0. The van der Waals surface area contributed by atoms with Crippen LogP contribution in [0.25, 0.3) is 0 Å². The molecule has 0 fully saturated rings. The fourth-order valence-corrected chi connectivity index (χ4v) is 0. The first-order valence-electron chi connectivity index (χ1n) is 0.617. The van der Waals surface area contributed by atoms with Gasteiger partial charge in [-0.15, -0.1) is 17.0 Å². The van der Waals surface area contributed by atoms with E-state index in [4.69, 9.17) is 15.7 Å². The molecule has 0 spiro atoms. The molecule has 0 saturated heterocycles. The summed E-state index contributed by atoms with van der Waals surface area (Å²) in [6.45, 7) is 0. The second-order valence-corrected chi connectivity index (χ2v) is 1.56. The van der Waals surface area contributed by atoms with Crippen LogP contribution in [0.15, 0.2) is 0 Å². The van der Waals surface area contributed by atoms with Crippen molar-refractivity contribution in [2.45, 2.75) is 0 Å². The van der Waals surface area contributed by atoms with Crippen LogP contribution in [0.5, 0.6) is 0 Å². The van der Waals surface area contributed by atoms with Crippen LogP contribution < -0.4 is 55.6 Å². The van der Waals surface area contributed by atoms with E-state index in [1.54, 1.807) is 0 Å². The Morgan fingerprint density at radius 1 is 1.14 bits per heavy atom. The van der Waals surface area contributed by atoms with Gasteiger partial charge < -0.3 is 0 Å². The molecule has 0 aromatic rings. The third kappa shape index (κ3) is 72.2. The zero-order chi connectivity index (χ0) is 4.50. The van der Waals surface area contributed by atoms with Gasteiger partial charge in [-0.05, 0) is 0 Å². The van der Waals surface area contributed by atoms with Crippen LogP contribution in [-0.2, 0) is 24.5 Å². The molecule has 0 rings (SSSR count). The maximum absolute atomic E-state index is 8.58. The van der Waals surface area contributed by atoms with Crippen molar-refractivity contribution in [3.63, 3.8) is 0 Å². The van der Waals surface area contributed by atoms with Crippen LogP contribution in [0.3, 0.4) is 0 Å². The number of rotatable bonds is 0. The van der Waals surface area contributed by atoms with Gasteiger partial charge in [-0.1, -0.05) is 0 Å². The Balaban J connectivity index is -0.0000000800. The van der Waals surface area contributed by atoms with E-state index in [2.05, 4.69) is 0 Å². The SMILES string of the molecule is Br.[K+].[O]=[Mn](=[O])(=[O])[O-]. The van der Waals surface area contributed by atoms with Crippen molar-refractivity contribution >= 4 is 17.0 Å². The molecule has 0 radical (unpaired) electrons. The number of hydrogen-bond donors (Lipinski definition) is 0. The second-order valence-electron chi connectivity index (χ2n) is 0.378. The van der Waals surface area contributed by atoms with Crippen LogP contribution >= 0.6 is 17.0 Å². The molecule has 0 aliphatic rings. The Hall–Kier alpha value is 2.00. The molecule has 0 heterocycles. The van der Waals surface area contributed by atoms with Gasteiger partial charge >= 0.3 is 80.0 Å². The van der Waals surface area contributed by atoms with Crippen LogP contribution in [0.2, 0.25) is 0 Å². The normalized spacial score (nSPS) is 8.14. The van der Waals surface area contributed by atoms with Crippen molar-refractivity contribution < 1.29 is 80.0 Å². The summed E-state index contributed by atoms with van der Waals surface area (Å²) in [4.78, 5) is 0. The van der Waals surface area contributed by atoms with Gasteiger partial charge in [0, 0.05) is 0 Å². The van der Waals surface area contributed by atoms with Gasteiger partial charge in [0.15, 0.2) is 0 Å². The van der Waals surface area contributed by atoms with E-state index in [9.17, 15) is 0 Å². The summed E-state index contributed by atoms with van der Waals surface area (Å²) < 4.78 is 34.3. The summed E-state index contributed by atoms with van der Waals surface area (Å²) >= 11 is -5.62. The van der Waals surface area contributed by atoms with Crippen molar-refractivity contribution in [3.05, 3.63) is 0 Å². The van der Waals surface area contributed by atoms with Crippen molar-refractivity contribution in [1.29, 1.82) is 0 Å². The van der Waals surface area contributed by atoms with Gasteiger partial charge in [0.2, 0.25) is 0 Å². The van der Waals surface area contributed by atoms with E-state index >= 15 is 0 Å². The first-order chi connectivity index (χ1) is 2.00. The molecule has 0 aliphatic heterocycles. The van der Waals surface area contributed by atoms with Gasteiger partial charge in [0.25, 0.3) is 0 Å². The summed E-state index contributed by atoms with van der Waals surface area (Å²) in [5, 5.41) is 0. The van der Waals surface area contributed by atoms with Crippen molar-refractivity contribution in [3.8, 4) is 0 Å². The third-order valence-corrected chi connectivity index (χ3v) is 0. The summed E-state index contributed by atoms with van der Waals surface area (Å²) in [5.41, 5.74) is 0. The summed E-state index contributed by atoms with van der Waals surface area (Å²) in [6, 6.07) is 0. The summed E-state index contributed by atoms with van der Waals surface area (Å²) in [5.74, 6) is 0. The number of hydrogen-bond acceptors (Lipinski definition) is 4. The van der Waals surface area contributed by atoms with Gasteiger partial charge in [-0.25, -0.2) is 0 Å². The Morgan fingerprint density at radius 2 is 1.14 bits per heavy atom. The van der Waals surface area contributed by atoms with Gasteiger partial charge in [-0.2, -0.15) is 0 Å².